The Bertz CT molecular complexity index is 572. The molecule has 0 radical (unpaired) electrons. The Labute approximate surface area is 138 Å². The number of carbonyl (C=O) groups is 2. The molecule has 0 saturated carbocycles. The Kier molecular flexibility index (Phi) is 4.78. The van der Waals surface area contributed by atoms with E-state index in [-0.39, 0.29) is 30.2 Å². The van der Waals surface area contributed by atoms with Gasteiger partial charge in [-0.05, 0) is 54.0 Å². The Hall–Kier alpha value is -1.40. The van der Waals surface area contributed by atoms with Gasteiger partial charge in [0.2, 0.25) is 11.8 Å². The number of piperidine rings is 1. The van der Waals surface area contributed by atoms with Gasteiger partial charge < -0.3 is 15.5 Å². The van der Waals surface area contributed by atoms with Gasteiger partial charge in [-0.15, -0.1) is 0 Å². The third-order valence-corrected chi connectivity index (χ3v) is 5.00. The first-order valence-electron chi connectivity index (χ1n) is 7.71. The van der Waals surface area contributed by atoms with Crippen LogP contribution in [0.2, 0.25) is 0 Å². The van der Waals surface area contributed by atoms with E-state index in [1.807, 2.05) is 24.3 Å². The topological polar surface area (TPSA) is 61.4 Å². The van der Waals surface area contributed by atoms with Gasteiger partial charge in [0.1, 0.15) is 0 Å². The second-order valence-corrected chi connectivity index (χ2v) is 6.74. The molecule has 2 heterocycles. The van der Waals surface area contributed by atoms with Crippen molar-refractivity contribution in [3.8, 4) is 0 Å². The molecule has 2 aliphatic heterocycles. The van der Waals surface area contributed by atoms with Gasteiger partial charge in [-0.25, -0.2) is 0 Å². The molecule has 0 aliphatic carbocycles. The molecule has 2 aliphatic rings. The number of nitrogens with zero attached hydrogens (tertiary/aromatic N) is 1. The largest absolute Gasteiger partial charge is 0.353 e. The highest BCUT2D eigenvalue weighted by Crippen LogP contribution is 2.31. The molecule has 0 spiro atoms. The summed E-state index contributed by atoms with van der Waals surface area (Å²) < 4.78 is 0.878. The SMILES string of the molecule is O=C(NC1CCNCC1)C1CC(=O)N(c2ccccc2Br)C1. The monoisotopic (exact) mass is 365 g/mol. The zero-order valence-corrected chi connectivity index (χ0v) is 13.9. The van der Waals surface area contributed by atoms with Crippen molar-refractivity contribution in [1.82, 2.24) is 10.6 Å². The second-order valence-electron chi connectivity index (χ2n) is 5.89. The van der Waals surface area contributed by atoms with E-state index < -0.39 is 0 Å². The summed E-state index contributed by atoms with van der Waals surface area (Å²) in [5.74, 6) is -0.235. The van der Waals surface area contributed by atoms with Crippen LogP contribution >= 0.6 is 15.9 Å². The Morgan fingerprint density at radius 1 is 1.27 bits per heavy atom. The van der Waals surface area contributed by atoms with Gasteiger partial charge in [0.05, 0.1) is 11.6 Å². The lowest BCUT2D eigenvalue weighted by Crippen LogP contribution is -2.45. The summed E-state index contributed by atoms with van der Waals surface area (Å²) in [7, 11) is 0. The summed E-state index contributed by atoms with van der Waals surface area (Å²) >= 11 is 3.47. The fraction of sp³-hybridized carbons (Fsp3) is 0.500. The fourth-order valence-electron chi connectivity index (χ4n) is 3.07. The minimum absolute atomic E-state index is 0.00908. The van der Waals surface area contributed by atoms with Gasteiger partial charge in [-0.2, -0.15) is 0 Å². The number of nitrogens with one attached hydrogen (secondary N) is 2. The maximum atomic E-state index is 12.4. The van der Waals surface area contributed by atoms with Crippen LogP contribution in [0.5, 0.6) is 0 Å². The highest BCUT2D eigenvalue weighted by atomic mass is 79.9. The molecule has 2 fully saturated rings. The van der Waals surface area contributed by atoms with Crippen molar-refractivity contribution >= 4 is 33.4 Å². The number of benzene rings is 1. The molecule has 3 rings (SSSR count). The van der Waals surface area contributed by atoms with Gasteiger partial charge in [0.25, 0.3) is 0 Å². The average molecular weight is 366 g/mol. The number of rotatable bonds is 3. The predicted molar refractivity (Wildman–Crippen MR) is 88.6 cm³/mol. The first-order valence-corrected chi connectivity index (χ1v) is 8.50. The van der Waals surface area contributed by atoms with Crippen LogP contribution in [-0.2, 0) is 9.59 Å². The van der Waals surface area contributed by atoms with Crippen LogP contribution in [-0.4, -0.2) is 37.5 Å². The minimum Gasteiger partial charge on any atom is -0.353 e. The molecule has 2 N–H and O–H groups in total. The third kappa shape index (κ3) is 3.33. The van der Waals surface area contributed by atoms with E-state index in [4.69, 9.17) is 0 Å². The van der Waals surface area contributed by atoms with E-state index in [2.05, 4.69) is 26.6 Å². The van der Waals surface area contributed by atoms with Gasteiger partial charge in [-0.1, -0.05) is 12.1 Å². The smallest absolute Gasteiger partial charge is 0.227 e. The van der Waals surface area contributed by atoms with Crippen molar-refractivity contribution in [2.75, 3.05) is 24.5 Å². The molecule has 1 atom stereocenters. The van der Waals surface area contributed by atoms with Crippen molar-refractivity contribution in [3.05, 3.63) is 28.7 Å². The lowest BCUT2D eigenvalue weighted by atomic mass is 10.0. The first kappa shape index (κ1) is 15.5. The van der Waals surface area contributed by atoms with E-state index in [1.165, 1.54) is 0 Å². The van der Waals surface area contributed by atoms with Crippen molar-refractivity contribution in [2.24, 2.45) is 5.92 Å². The van der Waals surface area contributed by atoms with Gasteiger partial charge >= 0.3 is 0 Å². The highest BCUT2D eigenvalue weighted by Gasteiger charge is 2.36. The number of halogens is 1. The molecule has 1 aromatic carbocycles. The van der Waals surface area contributed by atoms with Crippen molar-refractivity contribution in [1.29, 1.82) is 0 Å². The van der Waals surface area contributed by atoms with E-state index in [0.29, 0.717) is 6.54 Å². The number of hydrogen-bond donors (Lipinski definition) is 2. The van der Waals surface area contributed by atoms with E-state index in [1.54, 1.807) is 4.90 Å². The molecule has 2 saturated heterocycles. The lowest BCUT2D eigenvalue weighted by molar-refractivity contribution is -0.127. The molecule has 1 aromatic rings. The van der Waals surface area contributed by atoms with E-state index in [9.17, 15) is 9.59 Å². The van der Waals surface area contributed by atoms with Crippen molar-refractivity contribution in [2.45, 2.75) is 25.3 Å². The Morgan fingerprint density at radius 2 is 2.00 bits per heavy atom. The van der Waals surface area contributed by atoms with Crippen LogP contribution in [0.3, 0.4) is 0 Å². The van der Waals surface area contributed by atoms with Crippen molar-refractivity contribution < 1.29 is 9.59 Å². The van der Waals surface area contributed by atoms with E-state index >= 15 is 0 Å². The maximum absolute atomic E-state index is 12.4. The van der Waals surface area contributed by atoms with Crippen LogP contribution in [0.1, 0.15) is 19.3 Å². The third-order valence-electron chi connectivity index (χ3n) is 4.32. The first-order chi connectivity index (χ1) is 10.6. The van der Waals surface area contributed by atoms with E-state index in [0.717, 1.165) is 36.1 Å². The molecule has 2 amide bonds. The number of carbonyl (C=O) groups excluding carboxylic acids is 2. The second kappa shape index (κ2) is 6.79. The summed E-state index contributed by atoms with van der Waals surface area (Å²) in [6.07, 6.45) is 2.21. The van der Waals surface area contributed by atoms with Gasteiger partial charge in [-0.3, -0.25) is 9.59 Å². The quantitative estimate of drug-likeness (QED) is 0.856. The normalized spacial score (nSPS) is 22.9. The molecule has 1 unspecified atom stereocenters. The van der Waals surface area contributed by atoms with Crippen LogP contribution in [0.4, 0.5) is 5.69 Å². The minimum atomic E-state index is -0.255. The van der Waals surface area contributed by atoms with Gasteiger partial charge in [0, 0.05) is 23.5 Å². The van der Waals surface area contributed by atoms with Gasteiger partial charge in [0.15, 0.2) is 0 Å². The molecule has 0 aromatic heterocycles. The van der Waals surface area contributed by atoms with Crippen LogP contribution < -0.4 is 15.5 Å². The predicted octanol–water partition coefficient (Wildman–Crippen LogP) is 1.67. The average Bonchev–Trinajstić information content (AvgIpc) is 2.91. The summed E-state index contributed by atoms with van der Waals surface area (Å²) in [5, 5.41) is 6.38. The number of para-hydroxylation sites is 1. The zero-order chi connectivity index (χ0) is 15.5. The van der Waals surface area contributed by atoms with Crippen molar-refractivity contribution in [3.63, 3.8) is 0 Å². The summed E-state index contributed by atoms with van der Waals surface area (Å²) in [5.41, 5.74) is 0.838. The standard InChI is InChI=1S/C16H20BrN3O2/c17-13-3-1-2-4-14(13)20-10-11(9-15(20)21)16(22)19-12-5-7-18-8-6-12/h1-4,11-12,18H,5-10H2,(H,19,22). The molecule has 118 valence electrons. The van der Waals surface area contributed by atoms with Crippen LogP contribution in [0.15, 0.2) is 28.7 Å². The zero-order valence-electron chi connectivity index (χ0n) is 12.3. The number of anilines is 1. The number of amides is 2. The Balaban J connectivity index is 1.64. The maximum Gasteiger partial charge on any atom is 0.227 e. The lowest BCUT2D eigenvalue weighted by Gasteiger charge is -2.25. The summed E-state index contributed by atoms with van der Waals surface area (Å²) in [4.78, 5) is 26.4. The molecule has 5 nitrogen and oxygen atoms in total. The molecular formula is C16H20BrN3O2. The summed E-state index contributed by atoms with van der Waals surface area (Å²) in [6.45, 7) is 2.34. The molecular weight excluding hydrogens is 346 g/mol. The number of hydrogen-bond acceptors (Lipinski definition) is 3. The summed E-state index contributed by atoms with van der Waals surface area (Å²) in [6, 6.07) is 7.85. The van der Waals surface area contributed by atoms with Crippen LogP contribution in [0, 0.1) is 5.92 Å². The fourth-order valence-corrected chi connectivity index (χ4v) is 3.57. The van der Waals surface area contributed by atoms with Crippen LogP contribution in [0.25, 0.3) is 0 Å². The molecule has 6 heteroatoms. The molecule has 22 heavy (non-hydrogen) atoms. The highest BCUT2D eigenvalue weighted by molar-refractivity contribution is 9.10. The molecule has 0 bridgehead atoms. The Morgan fingerprint density at radius 3 is 2.73 bits per heavy atom.